The van der Waals surface area contributed by atoms with Gasteiger partial charge in [-0.1, -0.05) is 28.1 Å². The molecular weight excluding hydrogens is 535 g/mol. The molecule has 0 amide bonds. The largest absolute Gasteiger partial charge is 0.469 e. The van der Waals surface area contributed by atoms with E-state index in [1.807, 2.05) is 0 Å². The van der Waals surface area contributed by atoms with E-state index < -0.39 is 0 Å². The van der Waals surface area contributed by atoms with Crippen LogP contribution in [-0.2, 0) is 16.1 Å². The van der Waals surface area contributed by atoms with Crippen LogP contribution in [0.1, 0.15) is 37.7 Å². The number of carbonyl (C=O) groups is 1. The number of hydrogen-bond donors (Lipinski definition) is 2. The van der Waals surface area contributed by atoms with Gasteiger partial charge in [0.15, 0.2) is 5.96 Å². The van der Waals surface area contributed by atoms with Crippen molar-refractivity contribution in [3.63, 3.8) is 0 Å². The number of benzene rings is 1. The Bertz CT molecular complexity index is 605. The number of nitrogens with zero attached hydrogens (tertiary/aromatic N) is 2. The Morgan fingerprint density at radius 3 is 2.54 bits per heavy atom. The minimum Gasteiger partial charge on any atom is -0.469 e. The Morgan fingerprint density at radius 1 is 1.25 bits per heavy atom. The van der Waals surface area contributed by atoms with Crippen LogP contribution in [0.2, 0.25) is 0 Å². The van der Waals surface area contributed by atoms with Crippen molar-refractivity contribution in [1.29, 1.82) is 0 Å². The van der Waals surface area contributed by atoms with Gasteiger partial charge in [-0.05, 0) is 43.4 Å². The van der Waals surface area contributed by atoms with Crippen LogP contribution in [0, 0.1) is 0 Å². The third-order valence-electron chi connectivity index (χ3n) is 4.80. The Morgan fingerprint density at radius 2 is 1.93 bits per heavy atom. The number of ether oxygens (including phenoxy) is 1. The topological polar surface area (TPSA) is 66.0 Å². The lowest BCUT2D eigenvalue weighted by atomic mass is 10.0. The monoisotopic (exact) mass is 566 g/mol. The third-order valence-corrected chi connectivity index (χ3v) is 5.33. The van der Waals surface area contributed by atoms with E-state index in [0.29, 0.717) is 12.5 Å². The molecule has 1 saturated heterocycles. The molecule has 0 saturated carbocycles. The fourth-order valence-corrected chi connectivity index (χ4v) is 3.44. The summed E-state index contributed by atoms with van der Waals surface area (Å²) in [5.74, 6) is 0.701. The van der Waals surface area contributed by atoms with Crippen LogP contribution in [0.15, 0.2) is 33.7 Å². The van der Waals surface area contributed by atoms with Gasteiger partial charge < -0.3 is 15.4 Å². The summed E-state index contributed by atoms with van der Waals surface area (Å²) in [5, 5.41) is 6.86. The highest BCUT2D eigenvalue weighted by molar-refractivity contribution is 14.0. The van der Waals surface area contributed by atoms with Gasteiger partial charge in [0.25, 0.3) is 0 Å². The van der Waals surface area contributed by atoms with Crippen LogP contribution in [0.5, 0.6) is 0 Å². The smallest absolute Gasteiger partial charge is 0.305 e. The SMILES string of the molecule is CN=C(NCCCCC(=O)OC)NC1CCN(Cc2ccc(Br)cc2)CC1.I. The van der Waals surface area contributed by atoms with Gasteiger partial charge in [-0.25, -0.2) is 0 Å². The lowest BCUT2D eigenvalue weighted by molar-refractivity contribution is -0.140. The van der Waals surface area contributed by atoms with E-state index >= 15 is 0 Å². The van der Waals surface area contributed by atoms with Crippen molar-refractivity contribution in [2.45, 2.75) is 44.7 Å². The number of guanidine groups is 1. The summed E-state index contributed by atoms with van der Waals surface area (Å²) in [4.78, 5) is 17.9. The van der Waals surface area contributed by atoms with Gasteiger partial charge in [0.1, 0.15) is 0 Å². The van der Waals surface area contributed by atoms with Gasteiger partial charge in [-0.15, -0.1) is 24.0 Å². The number of nitrogens with one attached hydrogen (secondary N) is 2. The van der Waals surface area contributed by atoms with E-state index in [2.05, 4.69) is 65.5 Å². The second-order valence-corrected chi connectivity index (χ2v) is 7.77. The van der Waals surface area contributed by atoms with Crippen LogP contribution < -0.4 is 10.6 Å². The number of unbranched alkanes of at least 4 members (excludes halogenated alkanes) is 1. The maximum absolute atomic E-state index is 11.1. The van der Waals surface area contributed by atoms with Crippen LogP contribution in [-0.4, -0.2) is 56.7 Å². The Hall–Kier alpha value is -0.870. The van der Waals surface area contributed by atoms with Gasteiger partial charge >= 0.3 is 5.97 Å². The van der Waals surface area contributed by atoms with Gasteiger partial charge in [0, 0.05) is 50.2 Å². The van der Waals surface area contributed by atoms with Gasteiger partial charge in [-0.2, -0.15) is 0 Å². The number of esters is 1. The number of hydrogen-bond acceptors (Lipinski definition) is 4. The second kappa shape index (κ2) is 14.2. The summed E-state index contributed by atoms with van der Waals surface area (Å²) in [6.45, 7) is 3.99. The van der Waals surface area contributed by atoms with E-state index in [4.69, 9.17) is 0 Å². The average molecular weight is 567 g/mol. The molecule has 2 N–H and O–H groups in total. The Kier molecular flexibility index (Phi) is 12.7. The molecule has 1 aromatic carbocycles. The van der Waals surface area contributed by atoms with E-state index in [1.165, 1.54) is 12.7 Å². The second-order valence-electron chi connectivity index (χ2n) is 6.85. The van der Waals surface area contributed by atoms with Gasteiger partial charge in [-0.3, -0.25) is 14.7 Å². The molecule has 0 atom stereocenters. The minimum absolute atomic E-state index is 0. The summed E-state index contributed by atoms with van der Waals surface area (Å²) < 4.78 is 5.77. The molecule has 0 aromatic heterocycles. The first kappa shape index (κ1) is 25.2. The van der Waals surface area contributed by atoms with E-state index in [-0.39, 0.29) is 29.9 Å². The Labute approximate surface area is 194 Å². The molecule has 0 aliphatic carbocycles. The first-order chi connectivity index (χ1) is 13.1. The van der Waals surface area contributed by atoms with Crippen molar-refractivity contribution in [2.75, 3.05) is 33.8 Å². The molecule has 1 aliphatic heterocycles. The molecule has 1 heterocycles. The molecule has 1 fully saturated rings. The molecule has 158 valence electrons. The quantitative estimate of drug-likeness (QED) is 0.166. The summed E-state index contributed by atoms with van der Waals surface area (Å²) in [6.07, 6.45) is 4.44. The lowest BCUT2D eigenvalue weighted by Gasteiger charge is -2.33. The normalized spacial score (nSPS) is 15.6. The van der Waals surface area contributed by atoms with Crippen LogP contribution in [0.3, 0.4) is 0 Å². The lowest BCUT2D eigenvalue weighted by Crippen LogP contribution is -2.48. The van der Waals surface area contributed by atoms with Gasteiger partial charge in [0.2, 0.25) is 0 Å². The van der Waals surface area contributed by atoms with E-state index in [0.717, 1.165) is 62.3 Å². The molecule has 1 aliphatic rings. The van der Waals surface area contributed by atoms with Crippen LogP contribution in [0.25, 0.3) is 0 Å². The van der Waals surface area contributed by atoms with Crippen LogP contribution in [0.4, 0.5) is 0 Å². The summed E-state index contributed by atoms with van der Waals surface area (Å²) in [7, 11) is 3.23. The van der Waals surface area contributed by atoms with Crippen molar-refractivity contribution in [3.8, 4) is 0 Å². The highest BCUT2D eigenvalue weighted by atomic mass is 127. The molecule has 6 nitrogen and oxygen atoms in total. The standard InChI is InChI=1S/C20H31BrN4O2.HI/c1-22-20(23-12-4-3-5-19(26)27-2)24-18-10-13-25(14-11-18)15-16-6-8-17(21)9-7-16;/h6-9,18H,3-5,10-15H2,1-2H3,(H2,22,23,24);1H. The summed E-state index contributed by atoms with van der Waals surface area (Å²) in [6, 6.07) is 9.02. The first-order valence-corrected chi connectivity index (χ1v) is 10.4. The highest BCUT2D eigenvalue weighted by Gasteiger charge is 2.20. The van der Waals surface area contributed by atoms with Crippen molar-refractivity contribution in [1.82, 2.24) is 15.5 Å². The fourth-order valence-electron chi connectivity index (χ4n) is 3.17. The molecule has 0 radical (unpaired) electrons. The van der Waals surface area contributed by atoms with E-state index in [9.17, 15) is 4.79 Å². The van der Waals surface area contributed by atoms with Gasteiger partial charge in [0.05, 0.1) is 7.11 Å². The maximum Gasteiger partial charge on any atom is 0.305 e. The molecule has 2 rings (SSSR count). The van der Waals surface area contributed by atoms with Crippen molar-refractivity contribution >= 4 is 51.8 Å². The molecule has 8 heteroatoms. The van der Waals surface area contributed by atoms with Crippen molar-refractivity contribution in [2.24, 2.45) is 4.99 Å². The number of aliphatic imine (C=N–C) groups is 1. The zero-order valence-electron chi connectivity index (χ0n) is 16.7. The predicted octanol–water partition coefficient (Wildman–Crippen LogP) is 3.54. The number of carbonyl (C=O) groups excluding carboxylic acids is 1. The molecule has 0 bridgehead atoms. The van der Waals surface area contributed by atoms with Crippen molar-refractivity contribution in [3.05, 3.63) is 34.3 Å². The van der Waals surface area contributed by atoms with E-state index in [1.54, 1.807) is 7.05 Å². The average Bonchev–Trinajstić information content (AvgIpc) is 2.69. The number of likely N-dealkylation sites (tertiary alicyclic amines) is 1. The summed E-state index contributed by atoms with van der Waals surface area (Å²) >= 11 is 3.48. The molecule has 1 aromatic rings. The number of piperidine rings is 1. The zero-order valence-corrected chi connectivity index (χ0v) is 20.7. The number of rotatable bonds is 8. The molecule has 0 unspecified atom stereocenters. The molecule has 0 spiro atoms. The highest BCUT2D eigenvalue weighted by Crippen LogP contribution is 2.16. The number of halogens is 2. The third kappa shape index (κ3) is 9.56. The fraction of sp³-hybridized carbons (Fsp3) is 0.600. The van der Waals surface area contributed by atoms with Crippen LogP contribution >= 0.6 is 39.9 Å². The van der Waals surface area contributed by atoms with Crippen molar-refractivity contribution < 1.29 is 9.53 Å². The maximum atomic E-state index is 11.1. The Balaban J connectivity index is 0.00000392. The predicted molar refractivity (Wildman–Crippen MR) is 128 cm³/mol. The minimum atomic E-state index is -0.146. The first-order valence-electron chi connectivity index (χ1n) is 9.61. The zero-order chi connectivity index (χ0) is 19.5. The molecular formula is C20H32BrIN4O2. The molecule has 28 heavy (non-hydrogen) atoms. The summed E-state index contributed by atoms with van der Waals surface area (Å²) in [5.41, 5.74) is 1.36. The number of methoxy groups -OCH3 is 1.